The van der Waals surface area contributed by atoms with Gasteiger partial charge in [0.25, 0.3) is 0 Å². The topological polar surface area (TPSA) is 104 Å². The highest BCUT2D eigenvalue weighted by molar-refractivity contribution is 7.90. The smallest absolute Gasteiger partial charge is 0.240 e. The fraction of sp³-hybridized carbons (Fsp3) is 0.500. The van der Waals surface area contributed by atoms with Crippen LogP contribution in [0.5, 0.6) is 0 Å². The maximum atomic E-state index is 11.9. The van der Waals surface area contributed by atoms with Gasteiger partial charge < -0.3 is 5.32 Å². The summed E-state index contributed by atoms with van der Waals surface area (Å²) in [5.41, 5.74) is 0. The molecule has 1 aromatic carbocycles. The summed E-state index contributed by atoms with van der Waals surface area (Å²) in [7, 11) is -5.35. The third-order valence-electron chi connectivity index (χ3n) is 2.64. The number of benzene rings is 1. The van der Waals surface area contributed by atoms with Crippen molar-refractivity contribution < 1.29 is 16.8 Å². The highest BCUT2D eigenvalue weighted by Gasteiger charge is 2.15. The molecule has 120 valence electrons. The van der Waals surface area contributed by atoms with E-state index < -0.39 is 20.0 Å². The summed E-state index contributed by atoms with van der Waals surface area (Å²) < 4.78 is 51.8. The van der Waals surface area contributed by atoms with Crippen molar-refractivity contribution in [1.82, 2.24) is 14.8 Å². The Hall–Kier alpha value is -1.00. The molecule has 0 saturated carbocycles. The SMILES string of the molecule is CNCCCNS(=O)(=O)CCNS(=O)(=O)c1ccccc1. The highest BCUT2D eigenvalue weighted by Crippen LogP contribution is 2.06. The lowest BCUT2D eigenvalue weighted by molar-refractivity contribution is 0.572. The molecule has 0 atom stereocenters. The molecule has 9 heteroatoms. The van der Waals surface area contributed by atoms with Crippen LogP contribution in [0, 0.1) is 0 Å². The summed E-state index contributed by atoms with van der Waals surface area (Å²) in [6.45, 7) is 0.871. The van der Waals surface area contributed by atoms with Crippen molar-refractivity contribution in [3.05, 3.63) is 30.3 Å². The molecule has 0 aliphatic rings. The van der Waals surface area contributed by atoms with E-state index in [1.165, 1.54) is 12.1 Å². The van der Waals surface area contributed by atoms with Crippen LogP contribution in [0.1, 0.15) is 6.42 Å². The fourth-order valence-electron chi connectivity index (χ4n) is 1.56. The van der Waals surface area contributed by atoms with Crippen LogP contribution in [-0.2, 0) is 20.0 Å². The van der Waals surface area contributed by atoms with Crippen LogP contribution in [-0.4, -0.2) is 49.3 Å². The second-order valence-electron chi connectivity index (χ2n) is 4.38. The number of hydrogen-bond donors (Lipinski definition) is 3. The first-order valence-corrected chi connectivity index (χ1v) is 9.67. The predicted octanol–water partition coefficient (Wildman–Crippen LogP) is -0.506. The Labute approximate surface area is 126 Å². The molecular weight excluding hydrogens is 314 g/mol. The van der Waals surface area contributed by atoms with Crippen LogP contribution in [0.4, 0.5) is 0 Å². The second kappa shape index (κ2) is 8.44. The van der Waals surface area contributed by atoms with Crippen molar-refractivity contribution in [1.29, 1.82) is 0 Å². The molecule has 0 unspecified atom stereocenters. The van der Waals surface area contributed by atoms with Crippen LogP contribution in [0.25, 0.3) is 0 Å². The third-order valence-corrected chi connectivity index (χ3v) is 5.50. The Morgan fingerprint density at radius 1 is 0.905 bits per heavy atom. The summed E-state index contributed by atoms with van der Waals surface area (Å²) in [5, 5.41) is 2.91. The molecule has 1 aromatic rings. The van der Waals surface area contributed by atoms with E-state index in [9.17, 15) is 16.8 Å². The van der Waals surface area contributed by atoms with Gasteiger partial charge in [-0.05, 0) is 32.1 Å². The van der Waals surface area contributed by atoms with Gasteiger partial charge >= 0.3 is 0 Å². The maximum Gasteiger partial charge on any atom is 0.240 e. The lowest BCUT2D eigenvalue weighted by atomic mass is 10.4. The first kappa shape index (κ1) is 18.1. The van der Waals surface area contributed by atoms with Crippen molar-refractivity contribution in [2.75, 3.05) is 32.4 Å². The Balaban J connectivity index is 2.42. The van der Waals surface area contributed by atoms with E-state index in [2.05, 4.69) is 14.8 Å². The number of sulfonamides is 2. The maximum absolute atomic E-state index is 11.9. The molecule has 0 aliphatic heterocycles. The van der Waals surface area contributed by atoms with Crippen molar-refractivity contribution in [2.45, 2.75) is 11.3 Å². The molecule has 0 aromatic heterocycles. The number of nitrogens with one attached hydrogen (secondary N) is 3. The predicted molar refractivity (Wildman–Crippen MR) is 82.0 cm³/mol. The minimum atomic E-state index is -3.66. The molecule has 0 aliphatic carbocycles. The van der Waals surface area contributed by atoms with Gasteiger partial charge in [-0.15, -0.1) is 0 Å². The number of hydrogen-bond acceptors (Lipinski definition) is 5. The fourth-order valence-corrected chi connectivity index (χ4v) is 3.71. The van der Waals surface area contributed by atoms with Gasteiger partial charge in [-0.25, -0.2) is 26.3 Å². The second-order valence-corrected chi connectivity index (χ2v) is 8.07. The van der Waals surface area contributed by atoms with Crippen molar-refractivity contribution in [2.24, 2.45) is 0 Å². The summed E-state index contributed by atoms with van der Waals surface area (Å²) >= 11 is 0. The molecule has 0 amide bonds. The molecule has 0 bridgehead atoms. The van der Waals surface area contributed by atoms with Gasteiger partial charge in [-0.1, -0.05) is 18.2 Å². The van der Waals surface area contributed by atoms with E-state index in [-0.39, 0.29) is 17.2 Å². The van der Waals surface area contributed by atoms with Crippen molar-refractivity contribution in [3.63, 3.8) is 0 Å². The summed E-state index contributed by atoms with van der Waals surface area (Å²) in [6.07, 6.45) is 0.672. The van der Waals surface area contributed by atoms with E-state index in [0.717, 1.165) is 0 Å². The van der Waals surface area contributed by atoms with Gasteiger partial charge in [0, 0.05) is 13.1 Å². The van der Waals surface area contributed by atoms with Crippen molar-refractivity contribution in [3.8, 4) is 0 Å². The van der Waals surface area contributed by atoms with Gasteiger partial charge in [0.2, 0.25) is 20.0 Å². The molecule has 0 saturated heterocycles. The van der Waals surface area contributed by atoms with Gasteiger partial charge in [-0.3, -0.25) is 0 Å². The van der Waals surface area contributed by atoms with E-state index in [1.54, 1.807) is 25.2 Å². The van der Waals surface area contributed by atoms with Crippen LogP contribution in [0.2, 0.25) is 0 Å². The standard InChI is InChI=1S/C12H21N3O4S2/c1-13-8-5-9-14-20(16,17)11-10-15-21(18,19)12-6-3-2-4-7-12/h2-4,6-7,13-15H,5,8-11H2,1H3. The molecule has 0 spiro atoms. The Morgan fingerprint density at radius 2 is 1.57 bits per heavy atom. The first-order chi connectivity index (χ1) is 9.87. The monoisotopic (exact) mass is 335 g/mol. The van der Waals surface area contributed by atoms with E-state index in [4.69, 9.17) is 0 Å². The third kappa shape index (κ3) is 7.00. The normalized spacial score (nSPS) is 12.4. The van der Waals surface area contributed by atoms with E-state index in [0.29, 0.717) is 19.5 Å². The Morgan fingerprint density at radius 3 is 2.19 bits per heavy atom. The van der Waals surface area contributed by atoms with Gasteiger partial charge in [0.1, 0.15) is 0 Å². The van der Waals surface area contributed by atoms with E-state index in [1.807, 2.05) is 0 Å². The Bertz CT molecular complexity index is 615. The molecular formula is C12H21N3O4S2. The van der Waals surface area contributed by atoms with Gasteiger partial charge in [0.05, 0.1) is 10.6 Å². The van der Waals surface area contributed by atoms with Crippen LogP contribution < -0.4 is 14.8 Å². The van der Waals surface area contributed by atoms with Crippen LogP contribution in [0.15, 0.2) is 35.2 Å². The first-order valence-electron chi connectivity index (χ1n) is 6.54. The zero-order valence-corrected chi connectivity index (χ0v) is 13.5. The summed E-state index contributed by atoms with van der Waals surface area (Å²) in [6, 6.07) is 7.82. The molecule has 7 nitrogen and oxygen atoms in total. The average Bonchev–Trinajstić information content (AvgIpc) is 2.44. The average molecular weight is 335 g/mol. The number of rotatable bonds is 10. The van der Waals surface area contributed by atoms with Gasteiger partial charge in [-0.2, -0.15) is 0 Å². The largest absolute Gasteiger partial charge is 0.320 e. The van der Waals surface area contributed by atoms with Crippen LogP contribution >= 0.6 is 0 Å². The van der Waals surface area contributed by atoms with E-state index >= 15 is 0 Å². The minimum Gasteiger partial charge on any atom is -0.320 e. The lowest BCUT2D eigenvalue weighted by Crippen LogP contribution is -2.35. The zero-order valence-electron chi connectivity index (χ0n) is 11.9. The highest BCUT2D eigenvalue weighted by atomic mass is 32.2. The molecule has 0 fully saturated rings. The summed E-state index contributed by atoms with van der Waals surface area (Å²) in [5.74, 6) is -0.293. The summed E-state index contributed by atoms with van der Waals surface area (Å²) in [4.78, 5) is 0.115. The zero-order chi connectivity index (χ0) is 15.8. The van der Waals surface area contributed by atoms with Crippen molar-refractivity contribution >= 4 is 20.0 Å². The molecule has 1 rings (SSSR count). The Kier molecular flexibility index (Phi) is 7.26. The molecule has 3 N–H and O–H groups in total. The lowest BCUT2D eigenvalue weighted by Gasteiger charge is -2.08. The van der Waals surface area contributed by atoms with Crippen LogP contribution in [0.3, 0.4) is 0 Å². The van der Waals surface area contributed by atoms with Gasteiger partial charge in [0.15, 0.2) is 0 Å². The minimum absolute atomic E-state index is 0.115. The molecule has 0 radical (unpaired) electrons. The molecule has 0 heterocycles. The molecule has 21 heavy (non-hydrogen) atoms. The quantitative estimate of drug-likeness (QED) is 0.500.